The molecule has 0 bridgehead atoms. The van der Waals surface area contributed by atoms with Gasteiger partial charge in [-0.05, 0) is 54.0 Å². The van der Waals surface area contributed by atoms with Gasteiger partial charge in [-0.1, -0.05) is 11.6 Å². The first kappa shape index (κ1) is 13.8. The summed E-state index contributed by atoms with van der Waals surface area (Å²) in [5, 5.41) is 3.89. The second kappa shape index (κ2) is 6.04. The molecule has 18 heavy (non-hydrogen) atoms. The zero-order chi connectivity index (χ0) is 13.1. The van der Waals surface area contributed by atoms with E-state index in [0.717, 1.165) is 30.4 Å². The highest BCUT2D eigenvalue weighted by Gasteiger charge is 2.23. The van der Waals surface area contributed by atoms with Crippen LogP contribution < -0.4 is 5.32 Å². The minimum atomic E-state index is 0.0769. The first-order valence-electron chi connectivity index (χ1n) is 6.03. The van der Waals surface area contributed by atoms with Crippen LogP contribution in [0.4, 0.5) is 0 Å². The number of hydrogen-bond acceptors (Lipinski definition) is 2. The lowest BCUT2D eigenvalue weighted by atomic mass is 10.0. The monoisotopic (exact) mass is 330 g/mol. The summed E-state index contributed by atoms with van der Waals surface area (Å²) in [7, 11) is 1.97. The Balaban J connectivity index is 2.08. The Morgan fingerprint density at radius 3 is 2.67 bits per heavy atom. The molecular weight excluding hydrogens is 316 g/mol. The number of likely N-dealkylation sites (tertiary alicyclic amines) is 1. The number of amides is 1. The molecule has 1 N–H and O–H groups in total. The van der Waals surface area contributed by atoms with Crippen LogP contribution in [0.1, 0.15) is 23.2 Å². The standard InChI is InChI=1S/C13H16BrClN2O/c1-16-10-4-6-17(7-5-10)13(18)11-3-2-9(15)8-12(11)14/h2-3,8,10,16H,4-7H2,1H3. The van der Waals surface area contributed by atoms with Crippen molar-refractivity contribution in [3.63, 3.8) is 0 Å². The zero-order valence-electron chi connectivity index (χ0n) is 10.2. The Kier molecular flexibility index (Phi) is 4.65. The summed E-state index contributed by atoms with van der Waals surface area (Å²) in [5.41, 5.74) is 0.683. The third-order valence-corrected chi connectivity index (χ3v) is 4.24. The van der Waals surface area contributed by atoms with Gasteiger partial charge in [-0.2, -0.15) is 0 Å². The van der Waals surface area contributed by atoms with Gasteiger partial charge >= 0.3 is 0 Å². The molecule has 1 aliphatic rings. The number of nitrogens with one attached hydrogen (secondary N) is 1. The van der Waals surface area contributed by atoms with Gasteiger partial charge in [-0.15, -0.1) is 0 Å². The van der Waals surface area contributed by atoms with E-state index in [0.29, 0.717) is 16.6 Å². The van der Waals surface area contributed by atoms with Crippen LogP contribution in [-0.4, -0.2) is 37.0 Å². The molecule has 0 saturated carbocycles. The fourth-order valence-corrected chi connectivity index (χ4v) is 3.06. The predicted octanol–water partition coefficient (Wildman–Crippen LogP) is 2.93. The molecule has 0 aromatic heterocycles. The molecule has 1 saturated heterocycles. The molecule has 1 heterocycles. The van der Waals surface area contributed by atoms with E-state index in [1.165, 1.54) is 0 Å². The number of nitrogens with zero attached hydrogens (tertiary/aromatic N) is 1. The van der Waals surface area contributed by atoms with Gasteiger partial charge in [0.05, 0.1) is 5.56 Å². The van der Waals surface area contributed by atoms with Crippen LogP contribution in [-0.2, 0) is 0 Å². The molecule has 1 amide bonds. The molecule has 2 rings (SSSR count). The van der Waals surface area contributed by atoms with Gasteiger partial charge in [-0.3, -0.25) is 4.79 Å². The first-order valence-corrected chi connectivity index (χ1v) is 7.20. The molecule has 0 spiro atoms. The second-order valence-electron chi connectivity index (χ2n) is 4.48. The molecule has 1 aromatic rings. The Bertz CT molecular complexity index is 445. The van der Waals surface area contributed by atoms with Crippen molar-refractivity contribution >= 4 is 33.4 Å². The molecule has 0 radical (unpaired) electrons. The molecule has 3 nitrogen and oxygen atoms in total. The molecule has 5 heteroatoms. The van der Waals surface area contributed by atoms with Crippen LogP contribution in [0.5, 0.6) is 0 Å². The van der Waals surface area contributed by atoms with Crippen LogP contribution in [0, 0.1) is 0 Å². The number of rotatable bonds is 2. The maximum atomic E-state index is 12.4. The smallest absolute Gasteiger partial charge is 0.255 e. The van der Waals surface area contributed by atoms with Crippen LogP contribution in [0.25, 0.3) is 0 Å². The van der Waals surface area contributed by atoms with E-state index in [9.17, 15) is 4.79 Å². The number of hydrogen-bond donors (Lipinski definition) is 1. The van der Waals surface area contributed by atoms with Crippen molar-refractivity contribution < 1.29 is 4.79 Å². The number of halogens is 2. The van der Waals surface area contributed by atoms with Crippen molar-refractivity contribution in [2.24, 2.45) is 0 Å². The Morgan fingerprint density at radius 2 is 2.11 bits per heavy atom. The molecular formula is C13H16BrClN2O. The third kappa shape index (κ3) is 3.05. The van der Waals surface area contributed by atoms with Crippen molar-refractivity contribution in [1.29, 1.82) is 0 Å². The summed E-state index contributed by atoms with van der Waals surface area (Å²) in [6.07, 6.45) is 2.01. The van der Waals surface area contributed by atoms with Gasteiger partial charge in [-0.25, -0.2) is 0 Å². The third-order valence-electron chi connectivity index (χ3n) is 3.35. The fraction of sp³-hybridized carbons (Fsp3) is 0.462. The summed E-state index contributed by atoms with van der Waals surface area (Å²) in [5.74, 6) is 0.0769. The number of carbonyl (C=O) groups is 1. The zero-order valence-corrected chi connectivity index (χ0v) is 12.6. The lowest BCUT2D eigenvalue weighted by molar-refractivity contribution is 0.0706. The Morgan fingerprint density at radius 1 is 1.44 bits per heavy atom. The quantitative estimate of drug-likeness (QED) is 0.904. The van der Waals surface area contributed by atoms with Crippen LogP contribution >= 0.6 is 27.5 Å². The lowest BCUT2D eigenvalue weighted by Gasteiger charge is -2.32. The van der Waals surface area contributed by atoms with Crippen molar-refractivity contribution in [1.82, 2.24) is 10.2 Å². The molecule has 98 valence electrons. The van der Waals surface area contributed by atoms with Crippen molar-refractivity contribution in [2.75, 3.05) is 20.1 Å². The van der Waals surface area contributed by atoms with E-state index in [-0.39, 0.29) is 5.91 Å². The van der Waals surface area contributed by atoms with E-state index >= 15 is 0 Å². The highest BCUT2D eigenvalue weighted by molar-refractivity contribution is 9.10. The van der Waals surface area contributed by atoms with E-state index in [4.69, 9.17) is 11.6 Å². The maximum Gasteiger partial charge on any atom is 0.255 e. The lowest BCUT2D eigenvalue weighted by Crippen LogP contribution is -2.44. The summed E-state index contributed by atoms with van der Waals surface area (Å²) in [6.45, 7) is 1.61. The molecule has 1 fully saturated rings. The SMILES string of the molecule is CNC1CCN(C(=O)c2ccc(Cl)cc2Br)CC1. The highest BCUT2D eigenvalue weighted by Crippen LogP contribution is 2.24. The first-order chi connectivity index (χ1) is 8.61. The normalized spacial score (nSPS) is 16.9. The average molecular weight is 332 g/mol. The predicted molar refractivity (Wildman–Crippen MR) is 77.1 cm³/mol. The van der Waals surface area contributed by atoms with Gasteiger partial charge in [0.25, 0.3) is 5.91 Å². The van der Waals surface area contributed by atoms with Crippen molar-refractivity contribution in [3.05, 3.63) is 33.3 Å². The number of benzene rings is 1. The average Bonchev–Trinajstić information content (AvgIpc) is 2.38. The number of carbonyl (C=O) groups excluding carboxylic acids is 1. The van der Waals surface area contributed by atoms with E-state index in [1.807, 2.05) is 11.9 Å². The Labute approximate surface area is 121 Å². The van der Waals surface area contributed by atoms with Crippen LogP contribution in [0.3, 0.4) is 0 Å². The largest absolute Gasteiger partial charge is 0.338 e. The molecule has 0 aliphatic carbocycles. The van der Waals surface area contributed by atoms with Crippen molar-refractivity contribution in [2.45, 2.75) is 18.9 Å². The van der Waals surface area contributed by atoms with E-state index in [2.05, 4.69) is 21.2 Å². The van der Waals surface area contributed by atoms with Gasteiger partial charge in [0.15, 0.2) is 0 Å². The van der Waals surface area contributed by atoms with E-state index in [1.54, 1.807) is 18.2 Å². The van der Waals surface area contributed by atoms with Gasteiger partial charge < -0.3 is 10.2 Å². The highest BCUT2D eigenvalue weighted by atomic mass is 79.9. The Hall–Kier alpha value is -0.580. The van der Waals surface area contributed by atoms with Crippen LogP contribution in [0.15, 0.2) is 22.7 Å². The molecule has 0 atom stereocenters. The summed E-state index contributed by atoms with van der Waals surface area (Å²) >= 11 is 9.28. The minimum Gasteiger partial charge on any atom is -0.338 e. The van der Waals surface area contributed by atoms with Crippen LogP contribution in [0.2, 0.25) is 5.02 Å². The molecule has 0 unspecified atom stereocenters. The van der Waals surface area contributed by atoms with Gasteiger partial charge in [0, 0.05) is 28.6 Å². The number of piperidine rings is 1. The topological polar surface area (TPSA) is 32.3 Å². The molecule has 1 aliphatic heterocycles. The fourth-order valence-electron chi connectivity index (χ4n) is 2.20. The minimum absolute atomic E-state index is 0.0769. The second-order valence-corrected chi connectivity index (χ2v) is 5.77. The summed E-state index contributed by atoms with van der Waals surface area (Å²) in [6, 6.07) is 5.82. The maximum absolute atomic E-state index is 12.4. The summed E-state index contributed by atoms with van der Waals surface area (Å²) in [4.78, 5) is 14.3. The van der Waals surface area contributed by atoms with Gasteiger partial charge in [0.1, 0.15) is 0 Å². The summed E-state index contributed by atoms with van der Waals surface area (Å²) < 4.78 is 0.760. The van der Waals surface area contributed by atoms with Crippen molar-refractivity contribution in [3.8, 4) is 0 Å². The molecule has 1 aromatic carbocycles. The van der Waals surface area contributed by atoms with E-state index < -0.39 is 0 Å². The van der Waals surface area contributed by atoms with Gasteiger partial charge in [0.2, 0.25) is 0 Å².